The summed E-state index contributed by atoms with van der Waals surface area (Å²) in [6.07, 6.45) is 0.814. The molecule has 3 rings (SSSR count). The number of carbonyl (C=O) groups is 1. The quantitative estimate of drug-likeness (QED) is 0.906. The minimum Gasteiger partial charge on any atom is -0.504 e. The number of phenols is 1. The van der Waals surface area contributed by atoms with Crippen molar-refractivity contribution < 1.29 is 14.3 Å². The molecular formula is C17H16ClFN2O2. The van der Waals surface area contributed by atoms with Crippen molar-refractivity contribution in [3.8, 4) is 5.75 Å². The number of carbonyl (C=O) groups excluding carboxylic acids is 1. The SMILES string of the molecule is O=C(N[C@H]1CCN(c2ccccc2)C1)c1cc(F)c(O)c(Cl)c1. The third kappa shape index (κ3) is 3.40. The fraction of sp³-hybridized carbons (Fsp3) is 0.235. The predicted molar refractivity (Wildman–Crippen MR) is 87.6 cm³/mol. The fourth-order valence-corrected chi connectivity index (χ4v) is 2.92. The summed E-state index contributed by atoms with van der Waals surface area (Å²) >= 11 is 5.70. The number of para-hydroxylation sites is 1. The number of phenolic OH excluding ortho intramolecular Hbond substituents is 1. The van der Waals surface area contributed by atoms with Gasteiger partial charge in [0, 0.05) is 30.4 Å². The Bertz CT molecular complexity index is 701. The fourth-order valence-electron chi connectivity index (χ4n) is 2.72. The van der Waals surface area contributed by atoms with Crippen molar-refractivity contribution in [1.29, 1.82) is 0 Å². The van der Waals surface area contributed by atoms with Gasteiger partial charge in [0.05, 0.1) is 5.02 Å². The predicted octanol–water partition coefficient (Wildman–Crippen LogP) is 3.19. The van der Waals surface area contributed by atoms with Crippen molar-refractivity contribution >= 4 is 23.2 Å². The van der Waals surface area contributed by atoms with E-state index in [1.165, 1.54) is 6.07 Å². The van der Waals surface area contributed by atoms with Crippen LogP contribution >= 0.6 is 11.6 Å². The molecule has 1 saturated heterocycles. The van der Waals surface area contributed by atoms with Crippen LogP contribution in [-0.2, 0) is 0 Å². The van der Waals surface area contributed by atoms with Crippen LogP contribution in [0.1, 0.15) is 16.8 Å². The van der Waals surface area contributed by atoms with Crippen LogP contribution < -0.4 is 10.2 Å². The summed E-state index contributed by atoms with van der Waals surface area (Å²) < 4.78 is 13.5. The van der Waals surface area contributed by atoms with Gasteiger partial charge in [-0.2, -0.15) is 0 Å². The molecule has 0 aliphatic carbocycles. The molecule has 6 heteroatoms. The molecule has 0 bridgehead atoms. The van der Waals surface area contributed by atoms with Gasteiger partial charge in [0.1, 0.15) is 0 Å². The highest BCUT2D eigenvalue weighted by Crippen LogP contribution is 2.28. The van der Waals surface area contributed by atoms with E-state index in [4.69, 9.17) is 11.6 Å². The molecule has 0 spiro atoms. The van der Waals surface area contributed by atoms with Crippen LogP contribution in [0.2, 0.25) is 5.02 Å². The largest absolute Gasteiger partial charge is 0.504 e. The van der Waals surface area contributed by atoms with Crippen LogP contribution in [0.15, 0.2) is 42.5 Å². The third-order valence-corrected chi connectivity index (χ3v) is 4.21. The molecule has 0 unspecified atom stereocenters. The first-order chi connectivity index (χ1) is 11.0. The van der Waals surface area contributed by atoms with E-state index in [-0.39, 0.29) is 16.6 Å². The lowest BCUT2D eigenvalue weighted by molar-refractivity contribution is 0.0940. The molecule has 0 radical (unpaired) electrons. The topological polar surface area (TPSA) is 52.6 Å². The molecule has 1 atom stereocenters. The molecule has 0 aromatic heterocycles. The van der Waals surface area contributed by atoms with E-state index in [1.54, 1.807) is 0 Å². The minimum absolute atomic E-state index is 0.0154. The number of benzene rings is 2. The first kappa shape index (κ1) is 15.6. The smallest absolute Gasteiger partial charge is 0.251 e. The summed E-state index contributed by atoms with van der Waals surface area (Å²) in [5.74, 6) is -1.94. The summed E-state index contributed by atoms with van der Waals surface area (Å²) in [6.45, 7) is 1.55. The maximum Gasteiger partial charge on any atom is 0.251 e. The Morgan fingerprint density at radius 1 is 1.30 bits per heavy atom. The second-order valence-electron chi connectivity index (χ2n) is 5.53. The van der Waals surface area contributed by atoms with E-state index in [0.717, 1.165) is 24.7 Å². The normalized spacial score (nSPS) is 17.3. The summed E-state index contributed by atoms with van der Waals surface area (Å²) in [5, 5.41) is 12.0. The van der Waals surface area contributed by atoms with Crippen molar-refractivity contribution in [2.45, 2.75) is 12.5 Å². The average Bonchev–Trinajstić information content (AvgIpc) is 3.01. The van der Waals surface area contributed by atoms with Crippen molar-refractivity contribution in [2.24, 2.45) is 0 Å². The van der Waals surface area contributed by atoms with Gasteiger partial charge in [-0.05, 0) is 30.7 Å². The number of amides is 1. The van der Waals surface area contributed by atoms with Gasteiger partial charge in [0.2, 0.25) is 0 Å². The van der Waals surface area contributed by atoms with E-state index < -0.39 is 17.5 Å². The Hall–Kier alpha value is -2.27. The Labute approximate surface area is 138 Å². The lowest BCUT2D eigenvalue weighted by atomic mass is 10.1. The third-order valence-electron chi connectivity index (χ3n) is 3.92. The summed E-state index contributed by atoms with van der Waals surface area (Å²) in [5.41, 5.74) is 1.21. The van der Waals surface area contributed by atoms with Gasteiger partial charge in [-0.25, -0.2) is 4.39 Å². The van der Waals surface area contributed by atoms with E-state index in [0.29, 0.717) is 6.54 Å². The molecule has 2 N–H and O–H groups in total. The first-order valence-electron chi connectivity index (χ1n) is 7.33. The monoisotopic (exact) mass is 334 g/mol. The van der Waals surface area contributed by atoms with Crippen LogP contribution in [0.25, 0.3) is 0 Å². The van der Waals surface area contributed by atoms with Gasteiger partial charge in [0.15, 0.2) is 11.6 Å². The lowest BCUT2D eigenvalue weighted by Gasteiger charge is -2.19. The van der Waals surface area contributed by atoms with Gasteiger partial charge in [-0.1, -0.05) is 29.8 Å². The second-order valence-corrected chi connectivity index (χ2v) is 5.94. The molecular weight excluding hydrogens is 319 g/mol. The van der Waals surface area contributed by atoms with Gasteiger partial charge in [-0.3, -0.25) is 4.79 Å². The Balaban J connectivity index is 1.65. The average molecular weight is 335 g/mol. The molecule has 2 aromatic rings. The molecule has 1 amide bonds. The number of hydrogen-bond acceptors (Lipinski definition) is 3. The number of aromatic hydroxyl groups is 1. The number of hydrogen-bond donors (Lipinski definition) is 2. The van der Waals surface area contributed by atoms with Gasteiger partial charge >= 0.3 is 0 Å². The maximum absolute atomic E-state index is 13.5. The Morgan fingerprint density at radius 3 is 2.74 bits per heavy atom. The number of rotatable bonds is 3. The van der Waals surface area contributed by atoms with Gasteiger partial charge in [-0.15, -0.1) is 0 Å². The van der Waals surface area contributed by atoms with E-state index >= 15 is 0 Å². The highest BCUT2D eigenvalue weighted by atomic mass is 35.5. The molecule has 1 heterocycles. The molecule has 120 valence electrons. The molecule has 23 heavy (non-hydrogen) atoms. The zero-order chi connectivity index (χ0) is 16.4. The lowest BCUT2D eigenvalue weighted by Crippen LogP contribution is -2.37. The van der Waals surface area contributed by atoms with Gasteiger partial charge < -0.3 is 15.3 Å². The summed E-state index contributed by atoms with van der Waals surface area (Å²) in [6, 6.07) is 12.2. The molecule has 0 saturated carbocycles. The second kappa shape index (κ2) is 6.46. The Kier molecular flexibility index (Phi) is 4.39. The van der Waals surface area contributed by atoms with Gasteiger partial charge in [0.25, 0.3) is 5.91 Å². The molecule has 2 aromatic carbocycles. The van der Waals surface area contributed by atoms with E-state index in [2.05, 4.69) is 10.2 Å². The standard InChI is InChI=1S/C17H16ClFN2O2/c18-14-8-11(9-15(19)16(14)22)17(23)20-12-6-7-21(10-12)13-4-2-1-3-5-13/h1-5,8-9,12,22H,6-7,10H2,(H,20,23)/t12-/m0/s1. The van der Waals surface area contributed by atoms with E-state index in [9.17, 15) is 14.3 Å². The minimum atomic E-state index is -0.903. The zero-order valence-electron chi connectivity index (χ0n) is 12.3. The highest BCUT2D eigenvalue weighted by molar-refractivity contribution is 6.32. The first-order valence-corrected chi connectivity index (χ1v) is 7.71. The number of anilines is 1. The number of nitrogens with zero attached hydrogens (tertiary/aromatic N) is 1. The molecule has 1 aliphatic rings. The van der Waals surface area contributed by atoms with Crippen LogP contribution in [0.5, 0.6) is 5.75 Å². The van der Waals surface area contributed by atoms with Crippen molar-refractivity contribution in [3.63, 3.8) is 0 Å². The van der Waals surface area contributed by atoms with Crippen molar-refractivity contribution in [2.75, 3.05) is 18.0 Å². The highest BCUT2D eigenvalue weighted by Gasteiger charge is 2.25. The molecule has 1 aliphatic heterocycles. The summed E-state index contributed by atoms with van der Waals surface area (Å²) in [7, 11) is 0. The maximum atomic E-state index is 13.5. The van der Waals surface area contributed by atoms with Crippen LogP contribution in [0.3, 0.4) is 0 Å². The van der Waals surface area contributed by atoms with Crippen molar-refractivity contribution in [3.05, 3.63) is 58.9 Å². The Morgan fingerprint density at radius 2 is 2.04 bits per heavy atom. The molecule has 1 fully saturated rings. The van der Waals surface area contributed by atoms with Crippen molar-refractivity contribution in [1.82, 2.24) is 5.32 Å². The van der Waals surface area contributed by atoms with Crippen LogP contribution in [-0.4, -0.2) is 30.1 Å². The van der Waals surface area contributed by atoms with E-state index in [1.807, 2.05) is 30.3 Å². The van der Waals surface area contributed by atoms with Crippen LogP contribution in [0.4, 0.5) is 10.1 Å². The number of nitrogens with one attached hydrogen (secondary N) is 1. The number of halogens is 2. The zero-order valence-corrected chi connectivity index (χ0v) is 13.1. The molecule has 4 nitrogen and oxygen atoms in total. The van der Waals surface area contributed by atoms with Crippen LogP contribution in [0, 0.1) is 5.82 Å². The summed E-state index contributed by atoms with van der Waals surface area (Å²) in [4.78, 5) is 14.4.